The molecule has 0 aliphatic carbocycles. The first-order valence-corrected chi connectivity index (χ1v) is 7.79. The lowest BCUT2D eigenvalue weighted by atomic mass is 9.91. The van der Waals surface area contributed by atoms with E-state index in [4.69, 9.17) is 10.5 Å². The molecule has 0 aliphatic heterocycles. The molecular formula is C16H24BrNO2. The predicted octanol–water partition coefficient (Wildman–Crippen LogP) is 3.58. The lowest BCUT2D eigenvalue weighted by Crippen LogP contribution is -2.20. The number of Topliss-reactive ketones (excluding diaryl/α,β-unsaturated/α-hetero) is 1. The molecule has 20 heavy (non-hydrogen) atoms. The van der Waals surface area contributed by atoms with Gasteiger partial charge in [0.05, 0.1) is 11.6 Å². The fourth-order valence-corrected chi connectivity index (χ4v) is 2.96. The Morgan fingerprint density at radius 3 is 2.60 bits per heavy atom. The minimum Gasteiger partial charge on any atom is -0.496 e. The summed E-state index contributed by atoms with van der Waals surface area (Å²) in [5, 5.41) is 0. The molecule has 112 valence electrons. The normalized spacial score (nSPS) is 12.5. The highest BCUT2D eigenvalue weighted by molar-refractivity contribution is 9.10. The van der Waals surface area contributed by atoms with Crippen molar-refractivity contribution in [3.63, 3.8) is 0 Å². The zero-order valence-electron chi connectivity index (χ0n) is 12.5. The number of hydrogen-bond acceptors (Lipinski definition) is 3. The second kappa shape index (κ2) is 8.42. The van der Waals surface area contributed by atoms with Crippen LogP contribution < -0.4 is 10.5 Å². The van der Waals surface area contributed by atoms with E-state index in [1.165, 1.54) is 0 Å². The van der Waals surface area contributed by atoms with Gasteiger partial charge in [-0.3, -0.25) is 4.79 Å². The molecule has 2 N–H and O–H groups in total. The maximum absolute atomic E-state index is 12.1. The fraction of sp³-hybridized carbons (Fsp3) is 0.562. The van der Waals surface area contributed by atoms with Gasteiger partial charge in [0.15, 0.2) is 0 Å². The third kappa shape index (κ3) is 5.63. The zero-order chi connectivity index (χ0) is 15.1. The summed E-state index contributed by atoms with van der Waals surface area (Å²) in [7, 11) is 1.63. The summed E-state index contributed by atoms with van der Waals surface area (Å²) in [5.74, 6) is 1.90. The number of benzene rings is 1. The summed E-state index contributed by atoms with van der Waals surface area (Å²) in [6.07, 6.45) is 2.03. The van der Waals surface area contributed by atoms with Crippen molar-refractivity contribution in [1.29, 1.82) is 0 Å². The molecule has 0 bridgehead atoms. The van der Waals surface area contributed by atoms with Crippen molar-refractivity contribution in [2.75, 3.05) is 13.7 Å². The number of carbonyl (C=O) groups is 1. The summed E-state index contributed by atoms with van der Waals surface area (Å²) in [5.41, 5.74) is 6.75. The molecule has 0 saturated heterocycles. The monoisotopic (exact) mass is 341 g/mol. The SMILES string of the molecule is COc1ccc(CC(=O)CC(CN)CC(C)C)cc1Br. The molecular weight excluding hydrogens is 318 g/mol. The van der Waals surface area contributed by atoms with Gasteiger partial charge in [-0.15, -0.1) is 0 Å². The van der Waals surface area contributed by atoms with Crippen LogP contribution in [0.4, 0.5) is 0 Å². The van der Waals surface area contributed by atoms with Crippen LogP contribution in [0.25, 0.3) is 0 Å². The topological polar surface area (TPSA) is 52.3 Å². The van der Waals surface area contributed by atoms with Gasteiger partial charge in [-0.25, -0.2) is 0 Å². The van der Waals surface area contributed by atoms with Crippen LogP contribution in [0.3, 0.4) is 0 Å². The van der Waals surface area contributed by atoms with Crippen molar-refractivity contribution in [1.82, 2.24) is 0 Å². The smallest absolute Gasteiger partial charge is 0.137 e. The molecule has 0 amide bonds. The molecule has 1 aromatic carbocycles. The quantitative estimate of drug-likeness (QED) is 0.786. The van der Waals surface area contributed by atoms with Gasteiger partial charge in [0.1, 0.15) is 11.5 Å². The van der Waals surface area contributed by atoms with Gasteiger partial charge in [-0.1, -0.05) is 19.9 Å². The minimum atomic E-state index is 0.248. The van der Waals surface area contributed by atoms with Crippen molar-refractivity contribution in [2.45, 2.75) is 33.1 Å². The van der Waals surface area contributed by atoms with Gasteiger partial charge in [-0.2, -0.15) is 0 Å². The van der Waals surface area contributed by atoms with Crippen molar-refractivity contribution in [3.8, 4) is 5.75 Å². The third-order valence-electron chi connectivity index (χ3n) is 3.27. The van der Waals surface area contributed by atoms with Crippen LogP contribution in [0.2, 0.25) is 0 Å². The highest BCUT2D eigenvalue weighted by atomic mass is 79.9. The molecule has 1 atom stereocenters. The van der Waals surface area contributed by atoms with Gasteiger partial charge in [0, 0.05) is 12.8 Å². The summed E-state index contributed by atoms with van der Waals surface area (Å²) in [6.45, 7) is 4.90. The predicted molar refractivity (Wildman–Crippen MR) is 86.0 cm³/mol. The lowest BCUT2D eigenvalue weighted by Gasteiger charge is -2.16. The standard InChI is InChI=1S/C16H24BrNO2/c1-11(2)6-13(10-18)8-14(19)7-12-4-5-16(20-3)15(17)9-12/h4-5,9,11,13H,6-8,10,18H2,1-3H3. The number of halogens is 1. The first kappa shape index (κ1) is 17.2. The molecule has 0 aromatic heterocycles. The molecule has 0 saturated carbocycles. The Morgan fingerprint density at radius 2 is 2.10 bits per heavy atom. The third-order valence-corrected chi connectivity index (χ3v) is 3.89. The van der Waals surface area contributed by atoms with Crippen molar-refractivity contribution in [2.24, 2.45) is 17.6 Å². The Hall–Kier alpha value is -0.870. The van der Waals surface area contributed by atoms with Gasteiger partial charge in [-0.05, 0) is 58.4 Å². The number of ether oxygens (including phenoxy) is 1. The Kier molecular flexibility index (Phi) is 7.24. The second-order valence-electron chi connectivity index (χ2n) is 5.62. The van der Waals surface area contributed by atoms with E-state index >= 15 is 0 Å². The molecule has 1 aromatic rings. The molecule has 0 aliphatic rings. The Labute approximate surface area is 130 Å². The van der Waals surface area contributed by atoms with Crippen molar-refractivity contribution >= 4 is 21.7 Å². The lowest BCUT2D eigenvalue weighted by molar-refractivity contribution is -0.119. The maximum atomic E-state index is 12.1. The number of carbonyl (C=O) groups excluding carboxylic acids is 1. The Morgan fingerprint density at radius 1 is 1.40 bits per heavy atom. The molecule has 0 fully saturated rings. The molecule has 0 heterocycles. The van der Waals surface area contributed by atoms with E-state index in [2.05, 4.69) is 29.8 Å². The van der Waals surface area contributed by atoms with E-state index in [1.807, 2.05) is 18.2 Å². The average molecular weight is 342 g/mol. The summed E-state index contributed by atoms with van der Waals surface area (Å²) < 4.78 is 6.06. The fourth-order valence-electron chi connectivity index (χ4n) is 2.37. The van der Waals surface area contributed by atoms with Gasteiger partial charge in [0.25, 0.3) is 0 Å². The van der Waals surface area contributed by atoms with E-state index in [-0.39, 0.29) is 5.78 Å². The zero-order valence-corrected chi connectivity index (χ0v) is 14.1. The van der Waals surface area contributed by atoms with E-state index < -0.39 is 0 Å². The van der Waals surface area contributed by atoms with E-state index in [0.717, 1.165) is 22.2 Å². The Balaban J connectivity index is 2.59. The van der Waals surface area contributed by atoms with Crippen LogP contribution in [0, 0.1) is 11.8 Å². The van der Waals surface area contributed by atoms with E-state index in [9.17, 15) is 4.79 Å². The van der Waals surface area contributed by atoms with Crippen molar-refractivity contribution < 1.29 is 9.53 Å². The number of rotatable bonds is 8. The van der Waals surface area contributed by atoms with Crippen molar-refractivity contribution in [3.05, 3.63) is 28.2 Å². The first-order chi connectivity index (χ1) is 9.46. The number of methoxy groups -OCH3 is 1. The summed E-state index contributed by atoms with van der Waals surface area (Å²) >= 11 is 3.44. The maximum Gasteiger partial charge on any atom is 0.137 e. The second-order valence-corrected chi connectivity index (χ2v) is 6.47. The molecule has 4 heteroatoms. The van der Waals surface area contributed by atoms with Crippen LogP contribution in [-0.4, -0.2) is 19.4 Å². The van der Waals surface area contributed by atoms with Crippen LogP contribution in [0.15, 0.2) is 22.7 Å². The van der Waals surface area contributed by atoms with Gasteiger partial charge >= 0.3 is 0 Å². The molecule has 0 spiro atoms. The number of ketones is 1. The largest absolute Gasteiger partial charge is 0.496 e. The highest BCUT2D eigenvalue weighted by Gasteiger charge is 2.15. The first-order valence-electron chi connectivity index (χ1n) is 7.00. The van der Waals surface area contributed by atoms with Crippen LogP contribution in [0.5, 0.6) is 5.75 Å². The number of hydrogen-bond donors (Lipinski definition) is 1. The molecule has 3 nitrogen and oxygen atoms in total. The highest BCUT2D eigenvalue weighted by Crippen LogP contribution is 2.26. The summed E-state index contributed by atoms with van der Waals surface area (Å²) in [6, 6.07) is 5.75. The van der Waals surface area contributed by atoms with E-state index in [1.54, 1.807) is 7.11 Å². The van der Waals surface area contributed by atoms with Gasteiger partial charge < -0.3 is 10.5 Å². The van der Waals surface area contributed by atoms with Crippen LogP contribution >= 0.6 is 15.9 Å². The van der Waals surface area contributed by atoms with Crippen LogP contribution in [0.1, 0.15) is 32.3 Å². The Bertz CT molecular complexity index is 446. The molecule has 1 unspecified atom stereocenters. The van der Waals surface area contributed by atoms with E-state index in [0.29, 0.717) is 31.2 Å². The average Bonchev–Trinajstić information content (AvgIpc) is 2.37. The minimum absolute atomic E-state index is 0.248. The number of nitrogens with two attached hydrogens (primary N) is 1. The molecule has 0 radical (unpaired) electrons. The van der Waals surface area contributed by atoms with Gasteiger partial charge in [0.2, 0.25) is 0 Å². The molecule has 1 rings (SSSR count). The van der Waals surface area contributed by atoms with Crippen LogP contribution in [-0.2, 0) is 11.2 Å². The summed E-state index contributed by atoms with van der Waals surface area (Å²) in [4.78, 5) is 12.1.